The van der Waals surface area contributed by atoms with Gasteiger partial charge in [0, 0.05) is 18.2 Å². The van der Waals surface area contributed by atoms with Crippen molar-refractivity contribution in [1.29, 1.82) is 0 Å². The predicted molar refractivity (Wildman–Crippen MR) is 76.6 cm³/mol. The molecule has 0 aromatic heterocycles. The molecule has 0 heterocycles. The van der Waals surface area contributed by atoms with E-state index in [2.05, 4.69) is 0 Å². The second-order valence-corrected chi connectivity index (χ2v) is 5.30. The summed E-state index contributed by atoms with van der Waals surface area (Å²) in [6.45, 7) is 0.299. The molecule has 1 aliphatic rings. The third-order valence-electron chi connectivity index (χ3n) is 3.86. The molecule has 4 heteroatoms. The topological polar surface area (TPSA) is 57.6 Å². The molecule has 0 radical (unpaired) electrons. The van der Waals surface area contributed by atoms with Crippen molar-refractivity contribution in [3.63, 3.8) is 0 Å². The molecule has 1 N–H and O–H groups in total. The third kappa shape index (κ3) is 3.83. The van der Waals surface area contributed by atoms with Crippen LogP contribution in [0.2, 0.25) is 0 Å². The smallest absolute Gasteiger partial charge is 0.305 e. The summed E-state index contributed by atoms with van der Waals surface area (Å²) in [4.78, 5) is 25.2. The number of carboxylic acid groups (broad SMARTS) is 1. The number of aliphatic carboxylic acids is 1. The number of benzene rings is 1. The van der Waals surface area contributed by atoms with E-state index < -0.39 is 5.97 Å². The zero-order valence-electron chi connectivity index (χ0n) is 11.6. The molecule has 0 spiro atoms. The van der Waals surface area contributed by atoms with E-state index >= 15 is 0 Å². The van der Waals surface area contributed by atoms with E-state index in [4.69, 9.17) is 5.11 Å². The van der Waals surface area contributed by atoms with Crippen molar-refractivity contribution in [2.45, 2.75) is 44.6 Å². The number of hydrogen-bond donors (Lipinski definition) is 1. The number of hydrogen-bond acceptors (Lipinski definition) is 2. The highest BCUT2D eigenvalue weighted by molar-refractivity contribution is 5.94. The van der Waals surface area contributed by atoms with Crippen molar-refractivity contribution in [3.05, 3.63) is 35.9 Å². The molecule has 4 nitrogen and oxygen atoms in total. The zero-order valence-corrected chi connectivity index (χ0v) is 11.6. The Balaban J connectivity index is 2.12. The van der Waals surface area contributed by atoms with Crippen LogP contribution in [0.5, 0.6) is 0 Å². The summed E-state index contributed by atoms with van der Waals surface area (Å²) in [5.41, 5.74) is 0.642. The van der Waals surface area contributed by atoms with Crippen LogP contribution in [0.3, 0.4) is 0 Å². The predicted octanol–water partition coefficient (Wildman–Crippen LogP) is 2.94. The first kappa shape index (κ1) is 14.6. The monoisotopic (exact) mass is 275 g/mol. The molecular formula is C16H21NO3. The fraction of sp³-hybridized carbons (Fsp3) is 0.500. The molecule has 0 saturated heterocycles. The van der Waals surface area contributed by atoms with Crippen molar-refractivity contribution in [2.24, 2.45) is 0 Å². The van der Waals surface area contributed by atoms with Crippen LogP contribution in [-0.4, -0.2) is 34.5 Å². The van der Waals surface area contributed by atoms with Crippen LogP contribution in [0.25, 0.3) is 0 Å². The molecule has 1 aliphatic carbocycles. The Labute approximate surface area is 119 Å². The molecule has 0 bridgehead atoms. The largest absolute Gasteiger partial charge is 0.481 e. The van der Waals surface area contributed by atoms with Gasteiger partial charge in [0.1, 0.15) is 0 Å². The lowest BCUT2D eigenvalue weighted by atomic mass is 9.93. The second-order valence-electron chi connectivity index (χ2n) is 5.30. The van der Waals surface area contributed by atoms with Crippen LogP contribution in [0, 0.1) is 0 Å². The first-order chi connectivity index (χ1) is 9.68. The van der Waals surface area contributed by atoms with Gasteiger partial charge in [0.25, 0.3) is 5.91 Å². The molecular weight excluding hydrogens is 254 g/mol. The SMILES string of the molecule is O=C(O)CCN(C(=O)c1ccccc1)C1CCCCC1. The summed E-state index contributed by atoms with van der Waals surface area (Å²) in [7, 11) is 0. The van der Waals surface area contributed by atoms with Gasteiger partial charge in [0.2, 0.25) is 0 Å². The van der Waals surface area contributed by atoms with Gasteiger partial charge in [-0.3, -0.25) is 9.59 Å². The van der Waals surface area contributed by atoms with E-state index in [1.165, 1.54) is 6.42 Å². The van der Waals surface area contributed by atoms with Crippen molar-refractivity contribution in [2.75, 3.05) is 6.54 Å². The number of carbonyl (C=O) groups is 2. The molecule has 1 amide bonds. The Hall–Kier alpha value is -1.84. The average molecular weight is 275 g/mol. The number of amides is 1. The minimum Gasteiger partial charge on any atom is -0.481 e. The van der Waals surface area contributed by atoms with Crippen LogP contribution >= 0.6 is 0 Å². The van der Waals surface area contributed by atoms with Crippen molar-refractivity contribution < 1.29 is 14.7 Å². The minimum atomic E-state index is -0.855. The maximum absolute atomic E-state index is 12.6. The molecule has 2 rings (SSSR count). The lowest BCUT2D eigenvalue weighted by molar-refractivity contribution is -0.137. The summed E-state index contributed by atoms with van der Waals surface area (Å²) in [6, 6.07) is 9.32. The fourth-order valence-corrected chi connectivity index (χ4v) is 2.81. The van der Waals surface area contributed by atoms with Gasteiger partial charge < -0.3 is 10.0 Å². The Morgan fingerprint density at radius 1 is 1.10 bits per heavy atom. The molecule has 20 heavy (non-hydrogen) atoms. The number of carboxylic acids is 1. The average Bonchev–Trinajstić information content (AvgIpc) is 2.49. The molecule has 0 unspecified atom stereocenters. The zero-order chi connectivity index (χ0) is 14.4. The Morgan fingerprint density at radius 2 is 1.75 bits per heavy atom. The molecule has 108 valence electrons. The Bertz CT molecular complexity index is 452. The van der Waals surface area contributed by atoms with Crippen LogP contribution < -0.4 is 0 Å². The van der Waals surface area contributed by atoms with Crippen LogP contribution in [0.15, 0.2) is 30.3 Å². The lowest BCUT2D eigenvalue weighted by Crippen LogP contribution is -2.42. The molecule has 1 fully saturated rings. The van der Waals surface area contributed by atoms with Gasteiger partial charge in [0.05, 0.1) is 6.42 Å². The highest BCUT2D eigenvalue weighted by atomic mass is 16.4. The van der Waals surface area contributed by atoms with Crippen molar-refractivity contribution >= 4 is 11.9 Å². The van der Waals surface area contributed by atoms with E-state index in [0.717, 1.165) is 25.7 Å². The first-order valence-electron chi connectivity index (χ1n) is 7.26. The molecule has 0 aliphatic heterocycles. The summed E-state index contributed by atoms with van der Waals surface area (Å²) in [5.74, 6) is -0.898. The normalized spacial score (nSPS) is 15.8. The fourth-order valence-electron chi connectivity index (χ4n) is 2.81. The Kier molecular flexibility index (Phi) is 5.16. The lowest BCUT2D eigenvalue weighted by Gasteiger charge is -2.34. The highest BCUT2D eigenvalue weighted by Gasteiger charge is 2.26. The van der Waals surface area contributed by atoms with Gasteiger partial charge in [-0.2, -0.15) is 0 Å². The number of nitrogens with zero attached hydrogens (tertiary/aromatic N) is 1. The standard InChI is InChI=1S/C16H21NO3/c18-15(19)11-12-17(14-9-5-2-6-10-14)16(20)13-7-3-1-4-8-13/h1,3-4,7-8,14H,2,5-6,9-12H2,(H,18,19). The van der Waals surface area contributed by atoms with Crippen LogP contribution in [0.1, 0.15) is 48.9 Å². The second kappa shape index (κ2) is 7.08. The van der Waals surface area contributed by atoms with Gasteiger partial charge in [-0.1, -0.05) is 37.5 Å². The molecule has 0 atom stereocenters. The molecule has 1 aromatic rings. The summed E-state index contributed by atoms with van der Waals surface area (Å²) in [5, 5.41) is 8.88. The number of rotatable bonds is 5. The van der Waals surface area contributed by atoms with E-state index in [1.54, 1.807) is 17.0 Å². The minimum absolute atomic E-state index is 0.00900. The molecule has 1 aromatic carbocycles. The first-order valence-corrected chi connectivity index (χ1v) is 7.26. The van der Waals surface area contributed by atoms with Crippen LogP contribution in [0.4, 0.5) is 0 Å². The van der Waals surface area contributed by atoms with Crippen LogP contribution in [-0.2, 0) is 4.79 Å². The van der Waals surface area contributed by atoms with E-state index in [9.17, 15) is 9.59 Å². The van der Waals surface area contributed by atoms with Crippen molar-refractivity contribution in [1.82, 2.24) is 4.90 Å². The third-order valence-corrected chi connectivity index (χ3v) is 3.86. The Morgan fingerprint density at radius 3 is 2.35 bits per heavy atom. The van der Waals surface area contributed by atoms with Gasteiger partial charge >= 0.3 is 5.97 Å². The van der Waals surface area contributed by atoms with Gasteiger partial charge in [-0.25, -0.2) is 0 Å². The quantitative estimate of drug-likeness (QED) is 0.898. The van der Waals surface area contributed by atoms with E-state index in [1.807, 2.05) is 18.2 Å². The highest BCUT2D eigenvalue weighted by Crippen LogP contribution is 2.24. The number of carbonyl (C=O) groups excluding carboxylic acids is 1. The summed E-state index contributed by atoms with van der Waals surface area (Å²) < 4.78 is 0. The molecule has 1 saturated carbocycles. The van der Waals surface area contributed by atoms with E-state index in [-0.39, 0.29) is 18.4 Å². The summed E-state index contributed by atoms with van der Waals surface area (Å²) >= 11 is 0. The van der Waals surface area contributed by atoms with Crippen molar-refractivity contribution in [3.8, 4) is 0 Å². The maximum atomic E-state index is 12.6. The maximum Gasteiger partial charge on any atom is 0.305 e. The van der Waals surface area contributed by atoms with Gasteiger partial charge in [0.15, 0.2) is 0 Å². The van der Waals surface area contributed by atoms with Gasteiger partial charge in [-0.05, 0) is 25.0 Å². The van der Waals surface area contributed by atoms with Gasteiger partial charge in [-0.15, -0.1) is 0 Å². The van der Waals surface area contributed by atoms with E-state index in [0.29, 0.717) is 12.1 Å². The summed E-state index contributed by atoms with van der Waals surface area (Å²) in [6.07, 6.45) is 5.43.